The number of fused-ring (bicyclic) bond motifs is 3. The summed E-state index contributed by atoms with van der Waals surface area (Å²) in [5.74, 6) is 0.141. The van der Waals surface area contributed by atoms with Crippen LogP contribution >= 0.6 is 0 Å². The molecule has 4 heteroatoms. The Morgan fingerprint density at radius 2 is 1.96 bits per heavy atom. The van der Waals surface area contributed by atoms with Crippen LogP contribution in [0.3, 0.4) is 0 Å². The maximum atomic E-state index is 11.4. The molecule has 3 aliphatic rings. The molecule has 4 nitrogen and oxygen atoms in total. The fourth-order valence-electron chi connectivity index (χ4n) is 5.70. The first-order valence-electron chi connectivity index (χ1n) is 9.66. The molecule has 0 bridgehead atoms. The van der Waals surface area contributed by atoms with E-state index in [2.05, 4.69) is 6.92 Å². The van der Waals surface area contributed by atoms with Gasteiger partial charge in [0.2, 0.25) is 0 Å². The normalized spacial score (nSPS) is 41.5. The van der Waals surface area contributed by atoms with E-state index in [-0.39, 0.29) is 23.0 Å². The van der Waals surface area contributed by atoms with Gasteiger partial charge in [0.05, 0.1) is 17.8 Å². The second-order valence-electron chi connectivity index (χ2n) is 8.30. The predicted octanol–water partition coefficient (Wildman–Crippen LogP) is 3.11. The molecule has 140 valence electrons. The summed E-state index contributed by atoms with van der Waals surface area (Å²) in [5.41, 5.74) is 0.337. The lowest BCUT2D eigenvalue weighted by molar-refractivity contribution is -0.165. The Bertz CT molecular complexity index is 755. The number of aliphatic hydroxyl groups excluding tert-OH is 2. The van der Waals surface area contributed by atoms with Crippen LogP contribution in [0, 0.1) is 11.8 Å². The van der Waals surface area contributed by atoms with E-state index in [4.69, 9.17) is 0 Å². The van der Waals surface area contributed by atoms with Gasteiger partial charge in [-0.05, 0) is 61.3 Å². The molecule has 0 amide bonds. The van der Waals surface area contributed by atoms with Gasteiger partial charge in [0.1, 0.15) is 5.75 Å². The fraction of sp³-hybridized carbons (Fsp3) is 0.545. The Hall–Kier alpha value is -1.62. The highest BCUT2D eigenvalue weighted by Gasteiger charge is 2.58. The number of allylic oxidation sites excluding steroid dienone is 3. The Kier molecular flexibility index (Phi) is 4.25. The summed E-state index contributed by atoms with van der Waals surface area (Å²) < 4.78 is 0. The molecule has 1 unspecified atom stereocenters. The molecule has 3 aliphatic carbocycles. The first-order valence-corrected chi connectivity index (χ1v) is 9.66. The quantitative estimate of drug-likeness (QED) is 0.656. The van der Waals surface area contributed by atoms with Gasteiger partial charge < -0.3 is 20.4 Å². The number of aliphatic hydroxyl groups is 3. The molecular formula is C22H28O4. The topological polar surface area (TPSA) is 80.9 Å². The van der Waals surface area contributed by atoms with Crippen molar-refractivity contribution in [3.63, 3.8) is 0 Å². The van der Waals surface area contributed by atoms with Gasteiger partial charge in [-0.25, -0.2) is 0 Å². The summed E-state index contributed by atoms with van der Waals surface area (Å²) in [7, 11) is 0. The SMILES string of the molecule is CC[C@@]12C[C@H](O)[C@](O)(C3C=CC=CC3)C[C@H]1C[C@@H](O)c1cc(O)ccc12. The van der Waals surface area contributed by atoms with Gasteiger partial charge in [-0.15, -0.1) is 0 Å². The largest absolute Gasteiger partial charge is 0.508 e. The average Bonchev–Trinajstić information content (AvgIpc) is 2.64. The zero-order valence-corrected chi connectivity index (χ0v) is 15.2. The molecule has 0 heterocycles. The van der Waals surface area contributed by atoms with Crippen LogP contribution in [0.25, 0.3) is 0 Å². The van der Waals surface area contributed by atoms with E-state index < -0.39 is 17.8 Å². The van der Waals surface area contributed by atoms with E-state index in [9.17, 15) is 20.4 Å². The van der Waals surface area contributed by atoms with Crippen LogP contribution in [0.1, 0.15) is 56.3 Å². The number of benzene rings is 1. The van der Waals surface area contributed by atoms with Crippen LogP contribution in [0.2, 0.25) is 0 Å². The van der Waals surface area contributed by atoms with E-state index in [1.54, 1.807) is 12.1 Å². The first kappa shape index (κ1) is 17.8. The molecule has 1 aromatic carbocycles. The minimum Gasteiger partial charge on any atom is -0.508 e. The minimum atomic E-state index is -1.17. The van der Waals surface area contributed by atoms with Gasteiger partial charge >= 0.3 is 0 Å². The van der Waals surface area contributed by atoms with Crippen molar-refractivity contribution in [3.05, 3.63) is 53.6 Å². The smallest absolute Gasteiger partial charge is 0.115 e. The lowest BCUT2D eigenvalue weighted by Crippen LogP contribution is -2.60. The van der Waals surface area contributed by atoms with Crippen LogP contribution in [0.15, 0.2) is 42.5 Å². The van der Waals surface area contributed by atoms with Crippen LogP contribution in [-0.2, 0) is 5.41 Å². The van der Waals surface area contributed by atoms with E-state index >= 15 is 0 Å². The van der Waals surface area contributed by atoms with E-state index in [0.717, 1.165) is 24.0 Å². The zero-order valence-electron chi connectivity index (χ0n) is 15.2. The Morgan fingerprint density at radius 1 is 1.15 bits per heavy atom. The molecule has 1 fully saturated rings. The van der Waals surface area contributed by atoms with Gasteiger partial charge in [0, 0.05) is 11.3 Å². The highest BCUT2D eigenvalue weighted by atomic mass is 16.3. The van der Waals surface area contributed by atoms with E-state index in [1.807, 2.05) is 30.4 Å². The summed E-state index contributed by atoms with van der Waals surface area (Å²) in [6, 6.07) is 5.20. The minimum absolute atomic E-state index is 0.0900. The highest BCUT2D eigenvalue weighted by molar-refractivity contribution is 5.45. The van der Waals surface area contributed by atoms with Crippen molar-refractivity contribution >= 4 is 0 Å². The van der Waals surface area contributed by atoms with Gasteiger partial charge in [-0.3, -0.25) is 0 Å². The van der Waals surface area contributed by atoms with Gasteiger partial charge in [-0.1, -0.05) is 37.3 Å². The van der Waals surface area contributed by atoms with Crippen LogP contribution < -0.4 is 0 Å². The molecule has 0 aromatic heterocycles. The Morgan fingerprint density at radius 3 is 2.65 bits per heavy atom. The Balaban J connectivity index is 1.76. The number of aromatic hydroxyl groups is 1. The third kappa shape index (κ3) is 2.47. The molecule has 4 rings (SSSR count). The maximum absolute atomic E-state index is 11.4. The van der Waals surface area contributed by atoms with Crippen molar-refractivity contribution in [1.82, 2.24) is 0 Å². The molecule has 0 aliphatic heterocycles. The van der Waals surface area contributed by atoms with Crippen LogP contribution in [-0.4, -0.2) is 32.1 Å². The predicted molar refractivity (Wildman–Crippen MR) is 99.7 cm³/mol. The third-order valence-corrected chi connectivity index (χ3v) is 7.18. The average molecular weight is 356 g/mol. The summed E-state index contributed by atoms with van der Waals surface area (Å²) in [6.07, 6.45) is 9.51. The second kappa shape index (κ2) is 6.22. The van der Waals surface area contributed by atoms with Crippen molar-refractivity contribution in [2.24, 2.45) is 11.8 Å². The van der Waals surface area contributed by atoms with Crippen LogP contribution in [0.4, 0.5) is 0 Å². The maximum Gasteiger partial charge on any atom is 0.115 e. The van der Waals surface area contributed by atoms with Crippen molar-refractivity contribution in [1.29, 1.82) is 0 Å². The monoisotopic (exact) mass is 356 g/mol. The third-order valence-electron chi connectivity index (χ3n) is 7.18. The molecule has 0 radical (unpaired) electrons. The fourth-order valence-corrected chi connectivity index (χ4v) is 5.70. The zero-order chi connectivity index (χ0) is 18.5. The number of phenols is 1. The number of hydrogen-bond donors (Lipinski definition) is 4. The molecule has 6 atom stereocenters. The molecular weight excluding hydrogens is 328 g/mol. The summed E-state index contributed by atoms with van der Waals surface area (Å²) in [4.78, 5) is 0. The second-order valence-corrected chi connectivity index (χ2v) is 8.30. The van der Waals surface area contributed by atoms with E-state index in [1.165, 1.54) is 0 Å². The molecule has 1 aromatic rings. The molecule has 0 saturated heterocycles. The molecule has 1 saturated carbocycles. The van der Waals surface area contributed by atoms with E-state index in [0.29, 0.717) is 19.3 Å². The van der Waals surface area contributed by atoms with Gasteiger partial charge in [0.25, 0.3) is 0 Å². The van der Waals surface area contributed by atoms with Crippen LogP contribution in [0.5, 0.6) is 5.75 Å². The van der Waals surface area contributed by atoms with Crippen molar-refractivity contribution in [3.8, 4) is 5.75 Å². The first-order chi connectivity index (χ1) is 12.4. The number of phenolic OH excluding ortho intramolecular Hbond substituents is 1. The lowest BCUT2D eigenvalue weighted by Gasteiger charge is -2.57. The molecule has 4 N–H and O–H groups in total. The number of hydrogen-bond acceptors (Lipinski definition) is 4. The standard InChI is InChI=1S/C22H28O4/c1-2-21-13-20(25)22(26,14-6-4-3-5-7-14)12-15(21)10-19(24)17-11-16(23)8-9-18(17)21/h3-6,8-9,11,14-15,19-20,23-26H,2,7,10,12-13H2,1H3/t14?,15-,19-,20+,21-,22-/m1/s1. The summed E-state index contributed by atoms with van der Waals surface area (Å²) in [5, 5.41) is 43.0. The van der Waals surface area contributed by atoms with Crippen molar-refractivity contribution in [2.45, 2.75) is 62.3 Å². The van der Waals surface area contributed by atoms with Gasteiger partial charge in [-0.2, -0.15) is 0 Å². The number of rotatable bonds is 2. The summed E-state index contributed by atoms with van der Waals surface area (Å²) >= 11 is 0. The molecule has 0 spiro atoms. The Labute approximate surface area is 154 Å². The van der Waals surface area contributed by atoms with Crippen molar-refractivity contribution < 1.29 is 20.4 Å². The highest BCUT2D eigenvalue weighted by Crippen LogP contribution is 2.58. The van der Waals surface area contributed by atoms with Gasteiger partial charge in [0.15, 0.2) is 0 Å². The lowest BCUT2D eigenvalue weighted by atomic mass is 9.50. The molecule has 26 heavy (non-hydrogen) atoms. The summed E-state index contributed by atoms with van der Waals surface area (Å²) in [6.45, 7) is 2.11. The van der Waals surface area contributed by atoms with Crippen molar-refractivity contribution in [2.75, 3.05) is 0 Å².